The zero-order valence-electron chi connectivity index (χ0n) is 12.3. The van der Waals surface area contributed by atoms with E-state index in [0.29, 0.717) is 23.7 Å². The molecule has 0 amide bonds. The van der Waals surface area contributed by atoms with Crippen LogP contribution in [0.2, 0.25) is 0 Å². The van der Waals surface area contributed by atoms with Crippen molar-refractivity contribution in [3.05, 3.63) is 51.8 Å². The Morgan fingerprint density at radius 1 is 1.41 bits per heavy atom. The Labute approximate surface area is 137 Å². The summed E-state index contributed by atoms with van der Waals surface area (Å²) < 4.78 is 6.61. The number of hydrogen-bond donors (Lipinski definition) is 1. The Kier molecular flexibility index (Phi) is 3.55. The third kappa shape index (κ3) is 2.43. The van der Waals surface area contributed by atoms with Crippen LogP contribution in [0, 0.1) is 11.3 Å². The van der Waals surface area contributed by atoms with Gasteiger partial charge in [-0.25, -0.2) is 5.01 Å². The first-order valence-corrected chi connectivity index (χ1v) is 7.62. The van der Waals surface area contributed by atoms with E-state index in [2.05, 4.69) is 27.1 Å². The number of nitrogens with zero attached hydrogens (tertiary/aromatic N) is 3. The number of rotatable bonds is 1. The number of nitrogens with two attached hydrogens (primary N) is 1. The number of hydrazone groups is 1. The standard InChI is InChI=1S/C16H15BrN4O/c1-16(2)7-10-11(8-18)15(19)21(20-13(10)9-22-16)14-6-4-3-5-12(14)17/h3-7H,9,19H2,1-2H3. The van der Waals surface area contributed by atoms with Crippen molar-refractivity contribution in [3.63, 3.8) is 0 Å². The van der Waals surface area contributed by atoms with Gasteiger partial charge in [-0.3, -0.25) is 0 Å². The van der Waals surface area contributed by atoms with Crippen LogP contribution >= 0.6 is 15.9 Å². The third-order valence-electron chi connectivity index (χ3n) is 3.55. The highest BCUT2D eigenvalue weighted by atomic mass is 79.9. The number of allylic oxidation sites excluding steroid dienone is 1. The molecule has 0 bridgehead atoms. The highest BCUT2D eigenvalue weighted by molar-refractivity contribution is 9.10. The van der Waals surface area contributed by atoms with Crippen molar-refractivity contribution >= 4 is 27.3 Å². The SMILES string of the molecule is CC1(C)C=C2C(=NN(c3ccccc3Br)C(N)=C2C#N)CO1. The van der Waals surface area contributed by atoms with Gasteiger partial charge in [-0.2, -0.15) is 10.4 Å². The predicted octanol–water partition coefficient (Wildman–Crippen LogP) is 3.05. The summed E-state index contributed by atoms with van der Waals surface area (Å²) in [5.41, 5.74) is 8.45. The number of nitriles is 1. The molecular weight excluding hydrogens is 344 g/mol. The van der Waals surface area contributed by atoms with Crippen molar-refractivity contribution in [2.75, 3.05) is 11.6 Å². The first-order chi connectivity index (χ1) is 10.4. The minimum atomic E-state index is -0.438. The summed E-state index contributed by atoms with van der Waals surface area (Å²) in [5, 5.41) is 15.7. The molecule has 0 saturated carbocycles. The lowest BCUT2D eigenvalue weighted by Crippen LogP contribution is -2.39. The number of fused-ring (bicyclic) bond motifs is 1. The molecule has 112 valence electrons. The van der Waals surface area contributed by atoms with E-state index in [0.717, 1.165) is 15.7 Å². The average molecular weight is 359 g/mol. The van der Waals surface area contributed by atoms with Gasteiger partial charge in [-0.15, -0.1) is 0 Å². The normalized spacial score (nSPS) is 20.0. The van der Waals surface area contributed by atoms with Gasteiger partial charge in [-0.05, 0) is 48.0 Å². The van der Waals surface area contributed by atoms with Crippen molar-refractivity contribution < 1.29 is 4.74 Å². The van der Waals surface area contributed by atoms with E-state index in [1.165, 1.54) is 0 Å². The fourth-order valence-electron chi connectivity index (χ4n) is 2.45. The van der Waals surface area contributed by atoms with E-state index in [4.69, 9.17) is 10.5 Å². The zero-order chi connectivity index (χ0) is 15.9. The lowest BCUT2D eigenvalue weighted by atomic mass is 9.92. The smallest absolute Gasteiger partial charge is 0.144 e. The van der Waals surface area contributed by atoms with Gasteiger partial charge in [0.15, 0.2) is 0 Å². The number of para-hydroxylation sites is 1. The molecule has 22 heavy (non-hydrogen) atoms. The molecule has 0 fully saturated rings. The second-order valence-electron chi connectivity index (χ2n) is 5.63. The predicted molar refractivity (Wildman–Crippen MR) is 89.0 cm³/mol. The van der Waals surface area contributed by atoms with E-state index in [1.54, 1.807) is 5.01 Å². The Balaban J connectivity index is 2.16. The molecule has 2 heterocycles. The summed E-state index contributed by atoms with van der Waals surface area (Å²) in [6.45, 7) is 4.24. The molecule has 2 aliphatic heterocycles. The molecule has 2 aliphatic rings. The van der Waals surface area contributed by atoms with Gasteiger partial charge in [0.25, 0.3) is 0 Å². The molecule has 0 radical (unpaired) electrons. The van der Waals surface area contributed by atoms with Crippen molar-refractivity contribution in [2.24, 2.45) is 10.8 Å². The summed E-state index contributed by atoms with van der Waals surface area (Å²) in [5.74, 6) is 0.321. The summed E-state index contributed by atoms with van der Waals surface area (Å²) in [7, 11) is 0. The van der Waals surface area contributed by atoms with Crippen molar-refractivity contribution in [3.8, 4) is 6.07 Å². The fraction of sp³-hybridized carbons (Fsp3) is 0.250. The Morgan fingerprint density at radius 3 is 2.82 bits per heavy atom. The molecule has 0 unspecified atom stereocenters. The Morgan fingerprint density at radius 2 is 2.14 bits per heavy atom. The molecular formula is C16H15BrN4O. The van der Waals surface area contributed by atoms with Crippen LogP contribution < -0.4 is 10.7 Å². The highest BCUT2D eigenvalue weighted by Crippen LogP contribution is 2.35. The van der Waals surface area contributed by atoms with Crippen LogP contribution in [0.3, 0.4) is 0 Å². The summed E-state index contributed by atoms with van der Waals surface area (Å²) in [4.78, 5) is 0. The first kappa shape index (κ1) is 14.8. The number of ether oxygens (including phenoxy) is 1. The van der Waals surface area contributed by atoms with Crippen LogP contribution in [0.1, 0.15) is 13.8 Å². The van der Waals surface area contributed by atoms with Gasteiger partial charge in [0.1, 0.15) is 17.5 Å². The second-order valence-corrected chi connectivity index (χ2v) is 6.49. The summed E-state index contributed by atoms with van der Waals surface area (Å²) in [6, 6.07) is 9.80. The number of benzene rings is 1. The molecule has 0 saturated heterocycles. The van der Waals surface area contributed by atoms with E-state index in [1.807, 2.05) is 44.2 Å². The van der Waals surface area contributed by atoms with Gasteiger partial charge in [-0.1, -0.05) is 12.1 Å². The largest absolute Gasteiger partial charge is 0.383 e. The molecule has 1 aromatic rings. The second kappa shape index (κ2) is 5.27. The number of anilines is 1. The Hall–Kier alpha value is -2.10. The van der Waals surface area contributed by atoms with Crippen molar-refractivity contribution in [1.29, 1.82) is 5.26 Å². The number of hydrogen-bond acceptors (Lipinski definition) is 5. The fourth-order valence-corrected chi connectivity index (χ4v) is 2.90. The molecule has 6 heteroatoms. The first-order valence-electron chi connectivity index (χ1n) is 6.82. The van der Waals surface area contributed by atoms with Crippen LogP contribution in [0.25, 0.3) is 0 Å². The lowest BCUT2D eigenvalue weighted by Gasteiger charge is -2.34. The molecule has 0 spiro atoms. The summed E-state index contributed by atoms with van der Waals surface area (Å²) >= 11 is 3.49. The van der Waals surface area contributed by atoms with Crippen molar-refractivity contribution in [1.82, 2.24) is 0 Å². The molecule has 0 aliphatic carbocycles. The summed E-state index contributed by atoms with van der Waals surface area (Å²) in [6.07, 6.45) is 1.90. The molecule has 3 rings (SSSR count). The molecule has 0 atom stereocenters. The monoisotopic (exact) mass is 358 g/mol. The van der Waals surface area contributed by atoms with E-state index in [-0.39, 0.29) is 0 Å². The van der Waals surface area contributed by atoms with E-state index in [9.17, 15) is 5.26 Å². The van der Waals surface area contributed by atoms with Gasteiger partial charge < -0.3 is 10.5 Å². The van der Waals surface area contributed by atoms with Crippen LogP contribution in [0.4, 0.5) is 5.69 Å². The number of halogens is 1. The minimum Gasteiger partial charge on any atom is -0.383 e. The van der Waals surface area contributed by atoms with Crippen LogP contribution in [0.5, 0.6) is 0 Å². The third-order valence-corrected chi connectivity index (χ3v) is 4.22. The van der Waals surface area contributed by atoms with Gasteiger partial charge in [0, 0.05) is 10.0 Å². The quantitative estimate of drug-likeness (QED) is 0.836. The maximum absolute atomic E-state index is 9.54. The Bertz CT molecular complexity index is 771. The molecule has 2 N–H and O–H groups in total. The van der Waals surface area contributed by atoms with Gasteiger partial charge >= 0.3 is 0 Å². The van der Waals surface area contributed by atoms with Crippen LogP contribution in [-0.2, 0) is 4.74 Å². The van der Waals surface area contributed by atoms with Crippen molar-refractivity contribution in [2.45, 2.75) is 19.4 Å². The van der Waals surface area contributed by atoms with Gasteiger partial charge in [0.2, 0.25) is 0 Å². The van der Waals surface area contributed by atoms with Crippen LogP contribution in [-0.4, -0.2) is 17.9 Å². The van der Waals surface area contributed by atoms with E-state index >= 15 is 0 Å². The highest BCUT2D eigenvalue weighted by Gasteiger charge is 2.33. The molecule has 0 aromatic heterocycles. The van der Waals surface area contributed by atoms with Gasteiger partial charge in [0.05, 0.1) is 23.6 Å². The zero-order valence-corrected chi connectivity index (χ0v) is 13.9. The maximum atomic E-state index is 9.54. The average Bonchev–Trinajstić information content (AvgIpc) is 2.47. The van der Waals surface area contributed by atoms with E-state index < -0.39 is 5.60 Å². The maximum Gasteiger partial charge on any atom is 0.144 e. The molecule has 5 nitrogen and oxygen atoms in total. The minimum absolute atomic E-state index is 0.321. The van der Waals surface area contributed by atoms with Crippen LogP contribution in [0.15, 0.2) is 56.9 Å². The lowest BCUT2D eigenvalue weighted by molar-refractivity contribution is 0.0409. The molecule has 1 aromatic carbocycles. The topological polar surface area (TPSA) is 74.6 Å².